The molecule has 0 bridgehead atoms. The molecule has 0 aliphatic carbocycles. The van der Waals surface area contributed by atoms with Crippen LogP contribution in [0.15, 0.2) is 12.3 Å². The number of carbonyl (C=O) groups excluding carboxylic acids is 1. The summed E-state index contributed by atoms with van der Waals surface area (Å²) in [7, 11) is 0. The smallest absolute Gasteiger partial charge is 0.241 e. The van der Waals surface area contributed by atoms with E-state index >= 15 is 0 Å². The molecule has 6 N–H and O–H groups in total. The van der Waals surface area contributed by atoms with Gasteiger partial charge in [0.05, 0.1) is 5.69 Å². The van der Waals surface area contributed by atoms with Crippen LogP contribution in [0.4, 0.5) is 11.5 Å². The first-order valence-corrected chi connectivity index (χ1v) is 4.00. The molecule has 0 saturated carbocycles. The Kier molecular flexibility index (Phi) is 2.71. The molecular weight excluding hydrogens is 180 g/mol. The van der Waals surface area contributed by atoms with E-state index in [1.807, 2.05) is 0 Å². The highest BCUT2D eigenvalue weighted by atomic mass is 16.1. The second-order valence-corrected chi connectivity index (χ2v) is 2.87. The van der Waals surface area contributed by atoms with Gasteiger partial charge in [-0.1, -0.05) is 0 Å². The third-order valence-corrected chi connectivity index (χ3v) is 1.88. The normalized spacial score (nSPS) is 10.6. The lowest BCUT2D eigenvalue weighted by Gasteiger charge is -2.05. The monoisotopic (exact) mass is 192 g/mol. The Morgan fingerprint density at radius 1 is 1.50 bits per heavy atom. The number of primary amides is 1. The van der Waals surface area contributed by atoms with Gasteiger partial charge in [-0.15, -0.1) is 0 Å². The van der Waals surface area contributed by atoms with Gasteiger partial charge in [-0.2, -0.15) is 0 Å². The van der Waals surface area contributed by atoms with Gasteiger partial charge in [-0.3, -0.25) is 4.79 Å². The number of rotatable bonds is 2. The van der Waals surface area contributed by atoms with Gasteiger partial charge in [-0.05, 0) is 24.1 Å². The van der Waals surface area contributed by atoms with Crippen molar-refractivity contribution >= 4 is 23.5 Å². The van der Waals surface area contributed by atoms with Gasteiger partial charge in [0.25, 0.3) is 0 Å². The summed E-state index contributed by atoms with van der Waals surface area (Å²) in [6.45, 7) is 1.80. The van der Waals surface area contributed by atoms with Crippen LogP contribution in [0.3, 0.4) is 0 Å². The van der Waals surface area contributed by atoms with E-state index in [2.05, 4.69) is 4.98 Å². The van der Waals surface area contributed by atoms with E-state index in [0.29, 0.717) is 11.5 Å². The van der Waals surface area contributed by atoms with Crippen molar-refractivity contribution in [1.82, 2.24) is 4.98 Å². The van der Waals surface area contributed by atoms with Crippen molar-refractivity contribution in [3.05, 3.63) is 23.4 Å². The number of nitrogens with zero attached hydrogens (tertiary/aromatic N) is 1. The summed E-state index contributed by atoms with van der Waals surface area (Å²) >= 11 is 0. The number of nitrogen functional groups attached to an aromatic ring is 2. The van der Waals surface area contributed by atoms with Crippen molar-refractivity contribution in [2.24, 2.45) is 5.73 Å². The Labute approximate surface area is 81.6 Å². The molecule has 1 aromatic rings. The van der Waals surface area contributed by atoms with Crippen LogP contribution in [0, 0.1) is 6.92 Å². The minimum absolute atomic E-state index is 0.290. The Bertz CT molecular complexity index is 398. The first kappa shape index (κ1) is 10.0. The van der Waals surface area contributed by atoms with Crippen LogP contribution in [0.1, 0.15) is 11.1 Å². The summed E-state index contributed by atoms with van der Waals surface area (Å²) in [6.07, 6.45) is 4.35. The van der Waals surface area contributed by atoms with Gasteiger partial charge >= 0.3 is 0 Å². The van der Waals surface area contributed by atoms with Crippen LogP contribution in [-0.2, 0) is 4.79 Å². The minimum Gasteiger partial charge on any atom is -0.396 e. The zero-order chi connectivity index (χ0) is 10.7. The summed E-state index contributed by atoms with van der Waals surface area (Å²) in [5.41, 5.74) is 18.0. The van der Waals surface area contributed by atoms with Crippen molar-refractivity contribution in [3.8, 4) is 0 Å². The molecule has 1 amide bonds. The molecule has 5 heteroatoms. The Balaban J connectivity index is 3.12. The predicted octanol–water partition coefficient (Wildman–Crippen LogP) is 0.0529. The number of aromatic nitrogens is 1. The van der Waals surface area contributed by atoms with Gasteiger partial charge in [0, 0.05) is 12.3 Å². The van der Waals surface area contributed by atoms with Crippen LogP contribution >= 0.6 is 0 Å². The molecule has 1 aromatic heterocycles. The highest BCUT2D eigenvalue weighted by Gasteiger charge is 2.03. The molecule has 1 heterocycles. The van der Waals surface area contributed by atoms with Gasteiger partial charge < -0.3 is 17.2 Å². The average Bonchev–Trinajstić information content (AvgIpc) is 2.13. The molecule has 14 heavy (non-hydrogen) atoms. The molecular formula is C9H12N4O. The first-order chi connectivity index (χ1) is 6.52. The Hall–Kier alpha value is -2.04. The SMILES string of the molecule is Cc1c(C=CC(N)=O)cnc(N)c1N. The van der Waals surface area contributed by atoms with Gasteiger partial charge in [0.1, 0.15) is 5.82 Å². The van der Waals surface area contributed by atoms with E-state index < -0.39 is 5.91 Å². The largest absolute Gasteiger partial charge is 0.396 e. The number of carbonyl (C=O) groups is 1. The second kappa shape index (κ2) is 3.78. The lowest BCUT2D eigenvalue weighted by atomic mass is 10.1. The highest BCUT2D eigenvalue weighted by Crippen LogP contribution is 2.20. The van der Waals surface area contributed by atoms with Crippen LogP contribution in [0.2, 0.25) is 0 Å². The Morgan fingerprint density at radius 3 is 2.71 bits per heavy atom. The molecule has 0 unspecified atom stereocenters. The van der Waals surface area contributed by atoms with Crippen LogP contribution in [0.25, 0.3) is 6.08 Å². The van der Waals surface area contributed by atoms with Crippen molar-refractivity contribution < 1.29 is 4.79 Å². The summed E-state index contributed by atoms with van der Waals surface area (Å²) in [5, 5.41) is 0. The van der Waals surface area contributed by atoms with Gasteiger partial charge in [-0.25, -0.2) is 4.98 Å². The van der Waals surface area contributed by atoms with E-state index in [4.69, 9.17) is 17.2 Å². The van der Waals surface area contributed by atoms with Crippen molar-refractivity contribution in [2.75, 3.05) is 11.5 Å². The average molecular weight is 192 g/mol. The zero-order valence-corrected chi connectivity index (χ0v) is 7.82. The maximum absolute atomic E-state index is 10.5. The quantitative estimate of drug-likeness (QED) is 0.575. The molecule has 0 spiro atoms. The summed E-state index contributed by atoms with van der Waals surface area (Å²) in [5.74, 6) is -0.224. The molecule has 0 radical (unpaired) electrons. The third kappa shape index (κ3) is 2.01. The summed E-state index contributed by atoms with van der Waals surface area (Å²) < 4.78 is 0. The summed E-state index contributed by atoms with van der Waals surface area (Å²) in [6, 6.07) is 0. The van der Waals surface area contributed by atoms with E-state index in [-0.39, 0.29) is 0 Å². The second-order valence-electron chi connectivity index (χ2n) is 2.87. The number of nitrogens with two attached hydrogens (primary N) is 3. The zero-order valence-electron chi connectivity index (χ0n) is 7.82. The van der Waals surface area contributed by atoms with Crippen LogP contribution < -0.4 is 17.2 Å². The fourth-order valence-electron chi connectivity index (χ4n) is 0.993. The maximum atomic E-state index is 10.5. The standard InChI is InChI=1S/C9H12N4O/c1-5-6(2-3-7(10)14)4-13-9(12)8(5)11/h2-4H,11H2,1H3,(H2,10,14)(H2,12,13). The Morgan fingerprint density at radius 2 is 2.14 bits per heavy atom. The third-order valence-electron chi connectivity index (χ3n) is 1.88. The number of amides is 1. The van der Waals surface area contributed by atoms with E-state index in [1.165, 1.54) is 6.08 Å². The maximum Gasteiger partial charge on any atom is 0.241 e. The predicted molar refractivity (Wildman–Crippen MR) is 56.0 cm³/mol. The molecule has 0 aliphatic heterocycles. The van der Waals surface area contributed by atoms with Gasteiger partial charge in [0.2, 0.25) is 5.91 Å². The molecule has 0 fully saturated rings. The van der Waals surface area contributed by atoms with E-state index in [0.717, 1.165) is 11.1 Å². The van der Waals surface area contributed by atoms with Crippen LogP contribution in [0.5, 0.6) is 0 Å². The van der Waals surface area contributed by atoms with E-state index in [1.54, 1.807) is 19.2 Å². The first-order valence-electron chi connectivity index (χ1n) is 4.00. The number of hydrogen-bond donors (Lipinski definition) is 3. The summed E-state index contributed by atoms with van der Waals surface area (Å²) in [4.78, 5) is 14.4. The molecule has 0 aliphatic rings. The number of anilines is 2. The molecule has 0 atom stereocenters. The molecule has 0 saturated heterocycles. The minimum atomic E-state index is -0.514. The molecule has 5 nitrogen and oxygen atoms in total. The molecule has 0 aromatic carbocycles. The lowest BCUT2D eigenvalue weighted by Crippen LogP contribution is -2.06. The van der Waals surface area contributed by atoms with Crippen LogP contribution in [-0.4, -0.2) is 10.9 Å². The molecule has 1 rings (SSSR count). The fourth-order valence-corrected chi connectivity index (χ4v) is 0.993. The van der Waals surface area contributed by atoms with Crippen molar-refractivity contribution in [1.29, 1.82) is 0 Å². The van der Waals surface area contributed by atoms with E-state index in [9.17, 15) is 4.79 Å². The molecule has 74 valence electrons. The fraction of sp³-hybridized carbons (Fsp3) is 0.111. The topological polar surface area (TPSA) is 108 Å². The van der Waals surface area contributed by atoms with Crippen molar-refractivity contribution in [3.63, 3.8) is 0 Å². The van der Waals surface area contributed by atoms with Crippen molar-refractivity contribution in [2.45, 2.75) is 6.92 Å². The number of pyridine rings is 1. The highest BCUT2D eigenvalue weighted by molar-refractivity contribution is 5.90. The lowest BCUT2D eigenvalue weighted by molar-refractivity contribution is -0.113. The van der Waals surface area contributed by atoms with Gasteiger partial charge in [0.15, 0.2) is 0 Å². The number of hydrogen-bond acceptors (Lipinski definition) is 4.